The van der Waals surface area contributed by atoms with Gasteiger partial charge in [-0.25, -0.2) is 0 Å². The van der Waals surface area contributed by atoms with E-state index in [-0.39, 0.29) is 13.1 Å². The Morgan fingerprint density at radius 1 is 1.15 bits per heavy atom. The quantitative estimate of drug-likeness (QED) is 0.719. The Kier molecular flexibility index (Phi) is 6.93. The Labute approximate surface area is 151 Å². The van der Waals surface area contributed by atoms with Crippen LogP contribution in [0.15, 0.2) is 24.3 Å². The summed E-state index contributed by atoms with van der Waals surface area (Å²) in [4.78, 5) is 13.0. The summed E-state index contributed by atoms with van der Waals surface area (Å²) in [6, 6.07) is 2.42. The molecule has 0 bridgehead atoms. The number of alkyl halides is 6. The van der Waals surface area contributed by atoms with E-state index in [1.807, 2.05) is 0 Å². The second-order valence-electron chi connectivity index (χ2n) is 5.93. The van der Waals surface area contributed by atoms with Gasteiger partial charge in [-0.1, -0.05) is 12.1 Å². The molecule has 11 heteroatoms. The number of amides is 1. The van der Waals surface area contributed by atoms with E-state index < -0.39 is 48.8 Å². The molecular weight excluding hydrogens is 380 g/mol. The first kappa shape index (κ1) is 21.3. The third kappa shape index (κ3) is 6.28. The summed E-state index contributed by atoms with van der Waals surface area (Å²) in [6.45, 7) is -0.368. The van der Waals surface area contributed by atoms with Crippen LogP contribution in [-0.4, -0.2) is 62.4 Å². The van der Waals surface area contributed by atoms with Crippen molar-refractivity contribution >= 4 is 5.91 Å². The molecule has 1 aliphatic heterocycles. The van der Waals surface area contributed by atoms with Crippen molar-refractivity contribution in [3.05, 3.63) is 29.8 Å². The van der Waals surface area contributed by atoms with Gasteiger partial charge < -0.3 is 15.4 Å². The van der Waals surface area contributed by atoms with E-state index >= 15 is 0 Å². The minimum absolute atomic E-state index is 0.176. The van der Waals surface area contributed by atoms with Crippen molar-refractivity contribution in [3.63, 3.8) is 0 Å². The number of para-hydroxylation sites is 1. The highest BCUT2D eigenvalue weighted by Crippen LogP contribution is 2.35. The molecule has 2 rings (SSSR count). The highest BCUT2D eigenvalue weighted by molar-refractivity contribution is 5.77. The van der Waals surface area contributed by atoms with Gasteiger partial charge in [0.1, 0.15) is 11.8 Å². The first-order valence-electron chi connectivity index (χ1n) is 8.16. The lowest BCUT2D eigenvalue weighted by Gasteiger charge is -2.35. The molecule has 1 saturated heterocycles. The predicted octanol–water partition coefficient (Wildman–Crippen LogP) is 2.04. The average molecular weight is 399 g/mol. The molecule has 0 radical (unpaired) electrons. The largest absolute Gasteiger partial charge is 0.483 e. The van der Waals surface area contributed by atoms with Crippen LogP contribution in [0.1, 0.15) is 5.56 Å². The van der Waals surface area contributed by atoms with Gasteiger partial charge in [-0.05, 0) is 12.1 Å². The van der Waals surface area contributed by atoms with E-state index in [9.17, 15) is 31.1 Å². The molecular formula is C16H19F6N3O2. The van der Waals surface area contributed by atoms with Crippen LogP contribution < -0.4 is 15.4 Å². The first-order valence-corrected chi connectivity index (χ1v) is 8.16. The molecule has 152 valence electrons. The fourth-order valence-electron chi connectivity index (χ4n) is 2.68. The third-order valence-corrected chi connectivity index (χ3v) is 4.01. The SMILES string of the molecule is O=C(COc1ccccc1C(F)(F)F)NCC(N1CCNCC1)C(F)(F)F. The Morgan fingerprint density at radius 3 is 2.37 bits per heavy atom. The Balaban J connectivity index is 1.91. The Hall–Kier alpha value is -2.01. The minimum Gasteiger partial charge on any atom is -0.483 e. The van der Waals surface area contributed by atoms with Crippen LogP contribution in [-0.2, 0) is 11.0 Å². The molecule has 1 aromatic rings. The van der Waals surface area contributed by atoms with E-state index in [4.69, 9.17) is 4.74 Å². The topological polar surface area (TPSA) is 53.6 Å². The molecule has 1 aliphatic rings. The zero-order valence-electron chi connectivity index (χ0n) is 14.2. The van der Waals surface area contributed by atoms with Crippen molar-refractivity contribution in [2.75, 3.05) is 39.3 Å². The molecule has 5 nitrogen and oxygen atoms in total. The number of halogens is 6. The zero-order valence-corrected chi connectivity index (χ0v) is 14.2. The minimum atomic E-state index is -4.67. The maximum atomic E-state index is 13.2. The lowest BCUT2D eigenvalue weighted by Crippen LogP contribution is -2.57. The summed E-state index contributed by atoms with van der Waals surface area (Å²) in [5.41, 5.74) is -1.06. The molecule has 1 unspecified atom stereocenters. The number of hydrogen-bond acceptors (Lipinski definition) is 4. The number of carbonyl (C=O) groups excluding carboxylic acids is 1. The molecule has 1 atom stereocenters. The summed E-state index contributed by atoms with van der Waals surface area (Å²) in [5.74, 6) is -1.49. The summed E-state index contributed by atoms with van der Waals surface area (Å²) >= 11 is 0. The molecule has 1 aromatic carbocycles. The first-order chi connectivity index (χ1) is 12.6. The predicted molar refractivity (Wildman–Crippen MR) is 84.2 cm³/mol. The summed E-state index contributed by atoms with van der Waals surface area (Å²) in [6.07, 6.45) is -9.22. The number of hydrogen-bond donors (Lipinski definition) is 2. The van der Waals surface area contributed by atoms with E-state index in [2.05, 4.69) is 10.6 Å². The number of piperazine rings is 1. The smallest absolute Gasteiger partial charge is 0.419 e. The fourth-order valence-corrected chi connectivity index (χ4v) is 2.68. The van der Waals surface area contributed by atoms with E-state index in [0.29, 0.717) is 13.1 Å². The second-order valence-corrected chi connectivity index (χ2v) is 5.93. The van der Waals surface area contributed by atoms with Gasteiger partial charge in [0.15, 0.2) is 6.61 Å². The molecule has 0 aromatic heterocycles. The van der Waals surface area contributed by atoms with E-state index in [0.717, 1.165) is 18.2 Å². The van der Waals surface area contributed by atoms with E-state index in [1.54, 1.807) is 0 Å². The van der Waals surface area contributed by atoms with Gasteiger partial charge in [0.25, 0.3) is 5.91 Å². The second kappa shape index (κ2) is 8.79. The van der Waals surface area contributed by atoms with Crippen LogP contribution in [0.4, 0.5) is 26.3 Å². The number of benzene rings is 1. The van der Waals surface area contributed by atoms with Crippen molar-refractivity contribution in [3.8, 4) is 5.75 Å². The van der Waals surface area contributed by atoms with Crippen molar-refractivity contribution in [2.24, 2.45) is 0 Å². The summed E-state index contributed by atoms with van der Waals surface area (Å²) < 4.78 is 83.1. The zero-order chi connectivity index (χ0) is 20.1. The van der Waals surface area contributed by atoms with Gasteiger partial charge in [-0.3, -0.25) is 9.69 Å². The molecule has 0 spiro atoms. The van der Waals surface area contributed by atoms with Crippen LogP contribution in [0.5, 0.6) is 5.75 Å². The molecule has 27 heavy (non-hydrogen) atoms. The van der Waals surface area contributed by atoms with Crippen molar-refractivity contribution < 1.29 is 35.9 Å². The standard InChI is InChI=1S/C16H19F6N3O2/c17-15(18,19)11-3-1-2-4-12(11)27-10-14(26)24-9-13(16(20,21)22)25-7-5-23-6-8-25/h1-4,13,23H,5-10H2,(H,24,26). The molecule has 1 amide bonds. The van der Waals surface area contributed by atoms with Gasteiger partial charge in [0.2, 0.25) is 0 Å². The molecule has 0 aliphatic carbocycles. The normalized spacial score (nSPS) is 17.4. The number of nitrogens with one attached hydrogen (secondary N) is 2. The average Bonchev–Trinajstić information content (AvgIpc) is 2.59. The van der Waals surface area contributed by atoms with Gasteiger partial charge >= 0.3 is 12.4 Å². The molecule has 1 heterocycles. The third-order valence-electron chi connectivity index (χ3n) is 4.01. The lowest BCUT2D eigenvalue weighted by molar-refractivity contribution is -0.184. The lowest BCUT2D eigenvalue weighted by atomic mass is 10.2. The van der Waals surface area contributed by atoms with Crippen LogP contribution >= 0.6 is 0 Å². The Morgan fingerprint density at radius 2 is 1.78 bits per heavy atom. The highest BCUT2D eigenvalue weighted by Gasteiger charge is 2.43. The maximum absolute atomic E-state index is 13.2. The Bertz CT molecular complexity index is 629. The fraction of sp³-hybridized carbons (Fsp3) is 0.562. The van der Waals surface area contributed by atoms with Crippen LogP contribution in [0, 0.1) is 0 Å². The van der Waals surface area contributed by atoms with Crippen LogP contribution in [0.2, 0.25) is 0 Å². The number of rotatable bonds is 6. The maximum Gasteiger partial charge on any atom is 0.419 e. The van der Waals surface area contributed by atoms with Gasteiger partial charge in [-0.15, -0.1) is 0 Å². The van der Waals surface area contributed by atoms with Crippen LogP contribution in [0.3, 0.4) is 0 Å². The monoisotopic (exact) mass is 399 g/mol. The molecule has 1 fully saturated rings. The van der Waals surface area contributed by atoms with Crippen LogP contribution in [0.25, 0.3) is 0 Å². The number of ether oxygens (including phenoxy) is 1. The van der Waals surface area contributed by atoms with Gasteiger partial charge in [-0.2, -0.15) is 26.3 Å². The van der Waals surface area contributed by atoms with Gasteiger partial charge in [0, 0.05) is 32.7 Å². The number of carbonyl (C=O) groups is 1. The summed E-state index contributed by atoms with van der Waals surface area (Å²) in [7, 11) is 0. The van der Waals surface area contributed by atoms with Crippen molar-refractivity contribution in [1.29, 1.82) is 0 Å². The van der Waals surface area contributed by atoms with E-state index in [1.165, 1.54) is 11.0 Å². The summed E-state index contributed by atoms with van der Waals surface area (Å²) in [5, 5.41) is 5.02. The van der Waals surface area contributed by atoms with Crippen molar-refractivity contribution in [2.45, 2.75) is 18.4 Å². The molecule has 0 saturated carbocycles. The highest BCUT2D eigenvalue weighted by atomic mass is 19.4. The number of nitrogens with zero attached hydrogens (tertiary/aromatic N) is 1. The molecule has 2 N–H and O–H groups in total. The van der Waals surface area contributed by atoms with Crippen molar-refractivity contribution in [1.82, 2.24) is 15.5 Å². The van der Waals surface area contributed by atoms with Gasteiger partial charge in [0.05, 0.1) is 5.56 Å².